The quantitative estimate of drug-likeness (QED) is 0.171. The van der Waals surface area contributed by atoms with E-state index >= 15 is 0 Å². The molecule has 11 heteroatoms. The minimum Gasteiger partial charge on any atom is -0.412 e. The van der Waals surface area contributed by atoms with E-state index in [1.165, 1.54) is 0 Å². The molecule has 2 heterocycles. The van der Waals surface area contributed by atoms with Crippen LogP contribution in [0.25, 0.3) is 0 Å². The van der Waals surface area contributed by atoms with Gasteiger partial charge in [-0.1, -0.05) is 0 Å². The first kappa shape index (κ1) is 17.0. The largest absolute Gasteiger partial charge is 0.412 e. The van der Waals surface area contributed by atoms with Crippen LogP contribution in [0.1, 0.15) is 6.42 Å². The van der Waals surface area contributed by atoms with Crippen molar-refractivity contribution in [3.05, 3.63) is 0 Å². The Morgan fingerprint density at radius 2 is 1.95 bits per heavy atom. The summed E-state index contributed by atoms with van der Waals surface area (Å²) in [5.74, 6) is -5.47. The number of carbonyl (C=O) groups is 3. The zero-order valence-corrected chi connectivity index (χ0v) is 12.2. The fourth-order valence-electron chi connectivity index (χ4n) is 2.19. The van der Waals surface area contributed by atoms with E-state index in [0.717, 1.165) is 0 Å². The lowest BCUT2D eigenvalue weighted by Crippen LogP contribution is -2.68. The van der Waals surface area contributed by atoms with Crippen molar-refractivity contribution in [3.63, 3.8) is 0 Å². The fraction of sp³-hybridized carbons (Fsp3) is 0.727. The Hall–Kier alpha value is -1.40. The summed E-state index contributed by atoms with van der Waals surface area (Å²) in [7, 11) is 0. The zero-order chi connectivity index (χ0) is 16.5. The zero-order valence-electron chi connectivity index (χ0n) is 11.3. The van der Waals surface area contributed by atoms with Crippen LogP contribution >= 0.6 is 12.6 Å². The number of amides is 2. The number of aliphatic hydroxyl groups is 3. The van der Waals surface area contributed by atoms with Gasteiger partial charge < -0.3 is 30.1 Å². The molecular weight excluding hydrogens is 320 g/mol. The van der Waals surface area contributed by atoms with Gasteiger partial charge in [0.25, 0.3) is 0 Å². The molecule has 2 saturated heterocycles. The highest BCUT2D eigenvalue weighted by atomic mass is 32.1. The van der Waals surface area contributed by atoms with Crippen molar-refractivity contribution < 1.29 is 39.2 Å². The van der Waals surface area contributed by atoms with Crippen molar-refractivity contribution in [2.45, 2.75) is 36.7 Å². The molecule has 2 rings (SSSR count). The summed E-state index contributed by atoms with van der Waals surface area (Å²) in [5.41, 5.74) is 0. The predicted molar refractivity (Wildman–Crippen MR) is 71.3 cm³/mol. The van der Waals surface area contributed by atoms with Gasteiger partial charge in [0.05, 0.1) is 19.1 Å². The van der Waals surface area contributed by atoms with Gasteiger partial charge in [0, 0.05) is 5.75 Å². The summed E-state index contributed by atoms with van der Waals surface area (Å²) >= 11 is 3.88. The number of aliphatic hydroxyl groups excluding tert-OH is 3. The number of ether oxygens (including phenoxy) is 2. The Morgan fingerprint density at radius 1 is 1.27 bits per heavy atom. The first-order chi connectivity index (χ1) is 10.3. The maximum Gasteiger partial charge on any atom is 0.333 e. The topological polar surface area (TPSA) is 154 Å². The molecule has 2 fully saturated rings. The first-order valence-corrected chi connectivity index (χ1v) is 7.06. The van der Waals surface area contributed by atoms with Gasteiger partial charge in [-0.25, -0.2) is 4.79 Å². The summed E-state index contributed by atoms with van der Waals surface area (Å²) in [6.45, 7) is -0.699. The van der Waals surface area contributed by atoms with Gasteiger partial charge in [0.15, 0.2) is 0 Å². The molecule has 0 bridgehead atoms. The SMILES string of the molecule is O=C1N[C@@H](CS)C(=O)O[C@@]2(C[C@@H](O)[C@H](O)[C@@H](CO)O2)NC1=O. The number of hydrogen-bond donors (Lipinski definition) is 6. The lowest BCUT2D eigenvalue weighted by atomic mass is 9.99. The third kappa shape index (κ3) is 3.17. The van der Waals surface area contributed by atoms with E-state index in [0.29, 0.717) is 0 Å². The number of esters is 1. The van der Waals surface area contributed by atoms with Crippen LogP contribution in [0.2, 0.25) is 0 Å². The first-order valence-electron chi connectivity index (χ1n) is 6.43. The Kier molecular flexibility index (Phi) is 4.92. The normalized spacial score (nSPS) is 39.5. The van der Waals surface area contributed by atoms with Crippen LogP contribution in [0.5, 0.6) is 0 Å². The van der Waals surface area contributed by atoms with Gasteiger partial charge >= 0.3 is 23.7 Å². The van der Waals surface area contributed by atoms with Crippen LogP contribution < -0.4 is 10.6 Å². The highest BCUT2D eigenvalue weighted by Crippen LogP contribution is 2.29. The van der Waals surface area contributed by atoms with Gasteiger partial charge in [0.2, 0.25) is 0 Å². The van der Waals surface area contributed by atoms with Crippen molar-refractivity contribution in [2.75, 3.05) is 12.4 Å². The summed E-state index contributed by atoms with van der Waals surface area (Å²) in [5, 5.41) is 32.8. The Labute approximate surface area is 130 Å². The van der Waals surface area contributed by atoms with Crippen molar-refractivity contribution in [2.24, 2.45) is 0 Å². The molecule has 0 aromatic heterocycles. The maximum atomic E-state index is 12.0. The molecule has 0 radical (unpaired) electrons. The molecule has 2 aliphatic rings. The monoisotopic (exact) mass is 336 g/mol. The minimum absolute atomic E-state index is 0.122. The molecule has 0 aromatic carbocycles. The molecule has 5 N–H and O–H groups in total. The standard InChI is InChI=1S/C11H16N2O8S/c14-2-6-7(16)5(15)1-11(20-6)13-9(18)8(17)12-4(3-22)10(19)21-11/h4-7,14-16,22H,1-3H2,(H,12,17)(H,13,18)/t4-,5+,6+,7-,11-/m0/s1. The Bertz CT molecular complexity index is 489. The molecule has 1 spiro atoms. The average Bonchev–Trinajstić information content (AvgIpc) is 2.46. The van der Waals surface area contributed by atoms with Crippen molar-refractivity contribution in [1.29, 1.82) is 0 Å². The molecule has 0 saturated carbocycles. The Balaban J connectivity index is 2.32. The average molecular weight is 336 g/mol. The van der Waals surface area contributed by atoms with Gasteiger partial charge in [0.1, 0.15) is 18.2 Å². The lowest BCUT2D eigenvalue weighted by molar-refractivity contribution is -0.321. The van der Waals surface area contributed by atoms with E-state index in [1.807, 2.05) is 0 Å². The summed E-state index contributed by atoms with van der Waals surface area (Å²) in [6, 6.07) is -1.18. The Morgan fingerprint density at radius 3 is 2.55 bits per heavy atom. The second-order valence-electron chi connectivity index (χ2n) is 4.94. The van der Waals surface area contributed by atoms with Gasteiger partial charge in [-0.05, 0) is 0 Å². The second kappa shape index (κ2) is 6.38. The number of nitrogens with one attached hydrogen (secondary N) is 2. The van der Waals surface area contributed by atoms with Crippen molar-refractivity contribution in [3.8, 4) is 0 Å². The summed E-state index contributed by atoms with van der Waals surface area (Å²) in [4.78, 5) is 35.4. The second-order valence-corrected chi connectivity index (χ2v) is 5.30. The number of thiol groups is 1. The molecule has 10 nitrogen and oxygen atoms in total. The summed E-state index contributed by atoms with van der Waals surface area (Å²) < 4.78 is 10.3. The highest BCUT2D eigenvalue weighted by molar-refractivity contribution is 7.80. The molecule has 5 atom stereocenters. The van der Waals surface area contributed by atoms with Gasteiger partial charge in [-0.15, -0.1) is 0 Å². The summed E-state index contributed by atoms with van der Waals surface area (Å²) in [6.07, 6.45) is -4.70. The van der Waals surface area contributed by atoms with Gasteiger partial charge in [-0.2, -0.15) is 12.6 Å². The molecule has 0 aromatic rings. The van der Waals surface area contributed by atoms with Crippen LogP contribution in [-0.2, 0) is 23.9 Å². The van der Waals surface area contributed by atoms with E-state index in [2.05, 4.69) is 23.3 Å². The van der Waals surface area contributed by atoms with E-state index in [9.17, 15) is 24.6 Å². The van der Waals surface area contributed by atoms with Crippen LogP contribution in [-0.4, -0.2) is 75.7 Å². The predicted octanol–water partition coefficient (Wildman–Crippen LogP) is -3.77. The third-order valence-corrected chi connectivity index (χ3v) is 3.69. The van der Waals surface area contributed by atoms with Crippen LogP contribution in [0.4, 0.5) is 0 Å². The lowest BCUT2D eigenvalue weighted by Gasteiger charge is -2.44. The van der Waals surface area contributed by atoms with Crippen molar-refractivity contribution in [1.82, 2.24) is 10.6 Å². The number of hydrogen-bond acceptors (Lipinski definition) is 9. The molecule has 0 unspecified atom stereocenters. The highest BCUT2D eigenvalue weighted by Gasteiger charge is 2.52. The number of carbonyl (C=O) groups excluding carboxylic acids is 3. The van der Waals surface area contributed by atoms with Crippen molar-refractivity contribution >= 4 is 30.4 Å². The maximum absolute atomic E-state index is 12.0. The molecule has 2 amide bonds. The van der Waals surface area contributed by atoms with Crippen LogP contribution in [0.3, 0.4) is 0 Å². The van der Waals surface area contributed by atoms with Crippen LogP contribution in [0.15, 0.2) is 0 Å². The van der Waals surface area contributed by atoms with Crippen LogP contribution in [0, 0.1) is 0 Å². The molecule has 0 aliphatic carbocycles. The van der Waals surface area contributed by atoms with E-state index in [1.54, 1.807) is 0 Å². The van der Waals surface area contributed by atoms with E-state index in [4.69, 9.17) is 14.6 Å². The molecule has 124 valence electrons. The molecule has 22 heavy (non-hydrogen) atoms. The smallest absolute Gasteiger partial charge is 0.333 e. The van der Waals surface area contributed by atoms with E-state index in [-0.39, 0.29) is 5.75 Å². The molecular formula is C11H16N2O8S. The fourth-order valence-corrected chi connectivity index (χ4v) is 2.43. The third-order valence-electron chi connectivity index (χ3n) is 3.32. The number of rotatable bonds is 2. The molecule has 2 aliphatic heterocycles. The van der Waals surface area contributed by atoms with Gasteiger partial charge in [-0.3, -0.25) is 14.9 Å². The minimum atomic E-state index is -2.15. The van der Waals surface area contributed by atoms with E-state index < -0.39 is 61.1 Å².